The average Bonchev–Trinajstić information content (AvgIpc) is 2.55. The van der Waals surface area contributed by atoms with E-state index in [1.54, 1.807) is 0 Å². The van der Waals surface area contributed by atoms with Crippen LogP contribution in [0.3, 0.4) is 0 Å². The van der Waals surface area contributed by atoms with Crippen LogP contribution in [0.2, 0.25) is 0 Å². The first kappa shape index (κ1) is 16.3. The Bertz CT molecular complexity index is 868. The van der Waals surface area contributed by atoms with Gasteiger partial charge in [-0.15, -0.1) is 5.10 Å². The SMILES string of the molecule is Cc1cc(Nc2nncc(Nc3c(F)cccc3F)n2)ccc1Br. The molecule has 3 rings (SSSR count). The van der Waals surface area contributed by atoms with E-state index < -0.39 is 11.6 Å². The molecule has 0 unspecified atom stereocenters. The molecular weight excluding hydrogens is 380 g/mol. The highest BCUT2D eigenvalue weighted by molar-refractivity contribution is 9.10. The van der Waals surface area contributed by atoms with Gasteiger partial charge in [-0.1, -0.05) is 22.0 Å². The van der Waals surface area contributed by atoms with Crippen LogP contribution in [0.5, 0.6) is 0 Å². The van der Waals surface area contributed by atoms with Crippen molar-refractivity contribution in [2.45, 2.75) is 6.92 Å². The molecule has 2 aromatic carbocycles. The molecule has 0 aliphatic carbocycles. The van der Waals surface area contributed by atoms with Gasteiger partial charge in [0.1, 0.15) is 17.3 Å². The van der Waals surface area contributed by atoms with Crippen LogP contribution in [0.25, 0.3) is 0 Å². The number of halogens is 3. The van der Waals surface area contributed by atoms with E-state index in [0.29, 0.717) is 0 Å². The summed E-state index contributed by atoms with van der Waals surface area (Å²) in [6.45, 7) is 1.95. The lowest BCUT2D eigenvalue weighted by atomic mass is 10.2. The molecule has 0 radical (unpaired) electrons. The molecule has 0 fully saturated rings. The van der Waals surface area contributed by atoms with E-state index in [1.165, 1.54) is 12.3 Å². The molecule has 8 heteroatoms. The van der Waals surface area contributed by atoms with Gasteiger partial charge in [0.25, 0.3) is 0 Å². The first-order valence-corrected chi connectivity index (χ1v) is 7.76. The van der Waals surface area contributed by atoms with E-state index in [4.69, 9.17) is 0 Å². The van der Waals surface area contributed by atoms with Crippen molar-refractivity contribution in [1.82, 2.24) is 15.2 Å². The summed E-state index contributed by atoms with van der Waals surface area (Å²) in [6, 6.07) is 9.24. The van der Waals surface area contributed by atoms with Gasteiger partial charge >= 0.3 is 0 Å². The molecule has 0 bridgehead atoms. The molecule has 0 saturated heterocycles. The van der Waals surface area contributed by atoms with E-state index in [2.05, 4.69) is 41.7 Å². The van der Waals surface area contributed by atoms with Crippen molar-refractivity contribution in [3.05, 3.63) is 64.3 Å². The van der Waals surface area contributed by atoms with Crippen LogP contribution < -0.4 is 10.6 Å². The zero-order chi connectivity index (χ0) is 17.1. The van der Waals surface area contributed by atoms with Gasteiger partial charge in [0.15, 0.2) is 5.82 Å². The highest BCUT2D eigenvalue weighted by atomic mass is 79.9. The Balaban J connectivity index is 1.82. The van der Waals surface area contributed by atoms with E-state index >= 15 is 0 Å². The van der Waals surface area contributed by atoms with Crippen LogP contribution >= 0.6 is 15.9 Å². The smallest absolute Gasteiger partial charge is 0.249 e. The van der Waals surface area contributed by atoms with E-state index in [0.717, 1.165) is 27.9 Å². The molecule has 0 aliphatic heterocycles. The molecular formula is C16H12BrF2N5. The molecule has 0 saturated carbocycles. The summed E-state index contributed by atoms with van der Waals surface area (Å²) in [5.74, 6) is -1.05. The van der Waals surface area contributed by atoms with Gasteiger partial charge in [-0.05, 0) is 42.8 Å². The predicted octanol–water partition coefficient (Wildman–Crippen LogP) is 4.71. The van der Waals surface area contributed by atoms with Crippen molar-refractivity contribution in [3.63, 3.8) is 0 Å². The Kier molecular flexibility index (Phi) is 4.66. The molecule has 24 heavy (non-hydrogen) atoms. The van der Waals surface area contributed by atoms with Crippen LogP contribution in [-0.4, -0.2) is 15.2 Å². The average molecular weight is 392 g/mol. The summed E-state index contributed by atoms with van der Waals surface area (Å²) in [4.78, 5) is 4.16. The fourth-order valence-electron chi connectivity index (χ4n) is 2.01. The molecule has 0 atom stereocenters. The van der Waals surface area contributed by atoms with Crippen LogP contribution in [0.4, 0.5) is 31.9 Å². The maximum Gasteiger partial charge on any atom is 0.249 e. The second-order valence-corrected chi connectivity index (χ2v) is 5.83. The fourth-order valence-corrected chi connectivity index (χ4v) is 2.26. The van der Waals surface area contributed by atoms with Crippen LogP contribution in [0.1, 0.15) is 5.56 Å². The van der Waals surface area contributed by atoms with Gasteiger partial charge in [0.05, 0.1) is 6.20 Å². The minimum Gasteiger partial charge on any atom is -0.334 e. The standard InChI is InChI=1S/C16H12BrF2N5/c1-9-7-10(5-6-11(9)17)21-16-23-14(8-20-24-16)22-15-12(18)3-2-4-13(15)19/h2-8H,1H3,(H2,21,22,23,24). The van der Waals surface area contributed by atoms with Crippen molar-refractivity contribution in [2.75, 3.05) is 10.6 Å². The largest absolute Gasteiger partial charge is 0.334 e. The number of rotatable bonds is 4. The maximum atomic E-state index is 13.7. The third-order valence-corrected chi connectivity index (χ3v) is 4.08. The molecule has 122 valence electrons. The van der Waals surface area contributed by atoms with E-state index in [-0.39, 0.29) is 17.5 Å². The fraction of sp³-hybridized carbons (Fsp3) is 0.0625. The van der Waals surface area contributed by atoms with Crippen LogP contribution in [0.15, 0.2) is 47.1 Å². The first-order valence-electron chi connectivity index (χ1n) is 6.97. The molecule has 2 N–H and O–H groups in total. The molecule has 0 amide bonds. The lowest BCUT2D eigenvalue weighted by molar-refractivity contribution is 0.590. The lowest BCUT2D eigenvalue weighted by Gasteiger charge is -2.09. The molecule has 5 nitrogen and oxygen atoms in total. The maximum absolute atomic E-state index is 13.7. The molecule has 1 heterocycles. The number of nitrogens with one attached hydrogen (secondary N) is 2. The number of hydrogen-bond donors (Lipinski definition) is 2. The second kappa shape index (κ2) is 6.88. The number of aromatic nitrogens is 3. The van der Waals surface area contributed by atoms with Crippen molar-refractivity contribution in [2.24, 2.45) is 0 Å². The zero-order valence-corrected chi connectivity index (χ0v) is 14.1. The number of aryl methyl sites for hydroxylation is 1. The number of benzene rings is 2. The molecule has 0 aliphatic rings. The van der Waals surface area contributed by atoms with E-state index in [9.17, 15) is 8.78 Å². The van der Waals surface area contributed by atoms with E-state index in [1.807, 2.05) is 25.1 Å². The normalized spacial score (nSPS) is 10.5. The quantitative estimate of drug-likeness (QED) is 0.674. The third-order valence-electron chi connectivity index (χ3n) is 3.19. The Hall–Kier alpha value is -2.61. The van der Waals surface area contributed by atoms with Crippen LogP contribution in [-0.2, 0) is 0 Å². The second-order valence-electron chi connectivity index (χ2n) is 4.98. The van der Waals surface area contributed by atoms with Gasteiger partial charge in [0, 0.05) is 10.2 Å². The number of para-hydroxylation sites is 1. The van der Waals surface area contributed by atoms with Crippen molar-refractivity contribution in [3.8, 4) is 0 Å². The predicted molar refractivity (Wildman–Crippen MR) is 91.6 cm³/mol. The highest BCUT2D eigenvalue weighted by Crippen LogP contribution is 2.24. The lowest BCUT2D eigenvalue weighted by Crippen LogP contribution is -2.04. The topological polar surface area (TPSA) is 62.7 Å². The Morgan fingerprint density at radius 1 is 1.04 bits per heavy atom. The molecule has 3 aromatic rings. The van der Waals surface area contributed by atoms with Crippen LogP contribution in [0, 0.1) is 18.6 Å². The molecule has 1 aromatic heterocycles. The van der Waals surface area contributed by atoms with Crippen molar-refractivity contribution >= 4 is 39.1 Å². The van der Waals surface area contributed by atoms with Gasteiger partial charge in [0.2, 0.25) is 5.95 Å². The summed E-state index contributed by atoms with van der Waals surface area (Å²) in [6.07, 6.45) is 1.28. The van der Waals surface area contributed by atoms with Gasteiger partial charge in [-0.3, -0.25) is 0 Å². The molecule has 0 spiro atoms. The first-order chi connectivity index (χ1) is 11.5. The number of nitrogens with zero attached hydrogens (tertiary/aromatic N) is 3. The third kappa shape index (κ3) is 3.65. The number of anilines is 4. The van der Waals surface area contributed by atoms with Crippen molar-refractivity contribution < 1.29 is 8.78 Å². The summed E-state index contributed by atoms with van der Waals surface area (Å²) < 4.78 is 28.3. The van der Waals surface area contributed by atoms with Crippen molar-refractivity contribution in [1.29, 1.82) is 0 Å². The summed E-state index contributed by atoms with van der Waals surface area (Å²) in [7, 11) is 0. The summed E-state index contributed by atoms with van der Waals surface area (Å²) >= 11 is 3.42. The monoisotopic (exact) mass is 391 g/mol. The summed E-state index contributed by atoms with van der Waals surface area (Å²) in [5, 5.41) is 13.2. The summed E-state index contributed by atoms with van der Waals surface area (Å²) in [5.41, 5.74) is 1.52. The zero-order valence-electron chi connectivity index (χ0n) is 12.5. The van der Waals surface area contributed by atoms with Gasteiger partial charge in [-0.2, -0.15) is 10.1 Å². The number of hydrogen-bond acceptors (Lipinski definition) is 5. The Labute approximate surface area is 145 Å². The van der Waals surface area contributed by atoms with Gasteiger partial charge < -0.3 is 10.6 Å². The Morgan fingerprint density at radius 3 is 2.50 bits per heavy atom. The minimum atomic E-state index is -0.716. The minimum absolute atomic E-state index is 0.172. The Morgan fingerprint density at radius 2 is 1.79 bits per heavy atom. The van der Waals surface area contributed by atoms with Gasteiger partial charge in [-0.25, -0.2) is 8.78 Å². The highest BCUT2D eigenvalue weighted by Gasteiger charge is 2.10.